The molecular formula is C16H13O. The van der Waals surface area contributed by atoms with Gasteiger partial charge in [-0.1, -0.05) is 30.3 Å². The lowest BCUT2D eigenvalue weighted by molar-refractivity contribution is 0.344. The molecule has 3 aromatic rings. The van der Waals surface area contributed by atoms with Crippen molar-refractivity contribution in [2.45, 2.75) is 6.92 Å². The second-order valence-corrected chi connectivity index (χ2v) is 4.02. The minimum absolute atomic E-state index is 0.693. The predicted molar refractivity (Wildman–Crippen MR) is 71.5 cm³/mol. The van der Waals surface area contributed by atoms with Crippen LogP contribution < -0.4 is 4.74 Å². The molecule has 0 aliphatic heterocycles. The first kappa shape index (κ1) is 10.2. The van der Waals surface area contributed by atoms with E-state index in [2.05, 4.69) is 30.3 Å². The van der Waals surface area contributed by atoms with Gasteiger partial charge in [-0.3, -0.25) is 0 Å². The van der Waals surface area contributed by atoms with Crippen LogP contribution >= 0.6 is 0 Å². The SMILES string of the molecule is CCOc1cccc2cc3[c]cccc3cc12. The zero-order valence-corrected chi connectivity index (χ0v) is 9.73. The van der Waals surface area contributed by atoms with Crippen LogP contribution in [0.4, 0.5) is 0 Å². The summed E-state index contributed by atoms with van der Waals surface area (Å²) in [5.74, 6) is 0.954. The smallest absolute Gasteiger partial charge is 0.127 e. The fraction of sp³-hybridized carbons (Fsp3) is 0.125. The van der Waals surface area contributed by atoms with Gasteiger partial charge in [-0.25, -0.2) is 0 Å². The van der Waals surface area contributed by atoms with Crippen LogP contribution in [0.2, 0.25) is 0 Å². The van der Waals surface area contributed by atoms with Crippen molar-refractivity contribution in [2.75, 3.05) is 6.61 Å². The highest BCUT2D eigenvalue weighted by Gasteiger charge is 2.03. The van der Waals surface area contributed by atoms with Crippen molar-refractivity contribution >= 4 is 21.5 Å². The van der Waals surface area contributed by atoms with E-state index in [0.717, 1.165) is 11.1 Å². The van der Waals surface area contributed by atoms with Crippen molar-refractivity contribution in [1.82, 2.24) is 0 Å². The Morgan fingerprint density at radius 2 is 1.94 bits per heavy atom. The normalized spacial score (nSPS) is 10.9. The summed E-state index contributed by atoms with van der Waals surface area (Å²) in [6.45, 7) is 2.70. The molecule has 0 aliphatic carbocycles. The van der Waals surface area contributed by atoms with Crippen molar-refractivity contribution < 1.29 is 4.74 Å². The molecule has 3 aromatic carbocycles. The molecule has 0 saturated carbocycles. The van der Waals surface area contributed by atoms with E-state index < -0.39 is 0 Å². The summed E-state index contributed by atoms with van der Waals surface area (Å²) in [5, 5.41) is 4.72. The maximum atomic E-state index is 5.66. The molecule has 83 valence electrons. The topological polar surface area (TPSA) is 9.23 Å². The molecule has 0 bridgehead atoms. The van der Waals surface area contributed by atoms with Gasteiger partial charge in [-0.15, -0.1) is 0 Å². The fourth-order valence-electron chi connectivity index (χ4n) is 2.15. The fourth-order valence-corrected chi connectivity index (χ4v) is 2.15. The third-order valence-corrected chi connectivity index (χ3v) is 2.92. The Morgan fingerprint density at radius 3 is 2.82 bits per heavy atom. The lowest BCUT2D eigenvalue weighted by Gasteiger charge is -2.08. The molecule has 1 radical (unpaired) electrons. The standard InChI is InChI=1S/C16H13O/c1-2-17-16-9-5-8-14-10-12-6-3-4-7-13(12)11-15(14)16/h3-5,7-11H,2H2,1H3. The van der Waals surface area contributed by atoms with Crippen LogP contribution in [0.5, 0.6) is 5.75 Å². The van der Waals surface area contributed by atoms with Gasteiger partial charge in [-0.05, 0) is 47.3 Å². The summed E-state index contributed by atoms with van der Waals surface area (Å²) in [6, 6.07) is 19.8. The monoisotopic (exact) mass is 221 g/mol. The Hall–Kier alpha value is -2.02. The highest BCUT2D eigenvalue weighted by molar-refractivity contribution is 6.00. The predicted octanol–water partition coefficient (Wildman–Crippen LogP) is 4.19. The third-order valence-electron chi connectivity index (χ3n) is 2.92. The number of ether oxygens (including phenoxy) is 1. The van der Waals surface area contributed by atoms with Gasteiger partial charge in [0.05, 0.1) is 6.61 Å². The first-order valence-corrected chi connectivity index (χ1v) is 5.84. The van der Waals surface area contributed by atoms with E-state index in [9.17, 15) is 0 Å². The quantitative estimate of drug-likeness (QED) is 0.589. The second kappa shape index (κ2) is 4.10. The second-order valence-electron chi connectivity index (χ2n) is 4.02. The molecule has 0 spiro atoms. The van der Waals surface area contributed by atoms with E-state index in [1.165, 1.54) is 16.2 Å². The molecule has 0 unspecified atom stereocenters. The van der Waals surface area contributed by atoms with E-state index in [1.54, 1.807) is 0 Å². The van der Waals surface area contributed by atoms with Crippen LogP contribution in [0, 0.1) is 6.07 Å². The molecule has 17 heavy (non-hydrogen) atoms. The number of rotatable bonds is 2. The van der Waals surface area contributed by atoms with Crippen LogP contribution in [0.3, 0.4) is 0 Å². The van der Waals surface area contributed by atoms with Gasteiger partial charge in [0.25, 0.3) is 0 Å². The average molecular weight is 221 g/mol. The van der Waals surface area contributed by atoms with Crippen LogP contribution in [0.15, 0.2) is 48.5 Å². The van der Waals surface area contributed by atoms with Crippen LogP contribution in [-0.2, 0) is 0 Å². The van der Waals surface area contributed by atoms with Crippen molar-refractivity contribution in [2.24, 2.45) is 0 Å². The molecule has 3 rings (SSSR count). The van der Waals surface area contributed by atoms with Gasteiger partial charge in [0.15, 0.2) is 0 Å². The molecule has 0 heterocycles. The van der Waals surface area contributed by atoms with Crippen molar-refractivity contribution in [1.29, 1.82) is 0 Å². The van der Waals surface area contributed by atoms with Gasteiger partial charge >= 0.3 is 0 Å². The summed E-state index contributed by atoms with van der Waals surface area (Å²) in [4.78, 5) is 0. The summed E-state index contributed by atoms with van der Waals surface area (Å²) in [7, 11) is 0. The first-order chi connectivity index (χ1) is 8.38. The van der Waals surface area contributed by atoms with Crippen molar-refractivity contribution in [3.63, 3.8) is 0 Å². The Labute approximate surface area is 101 Å². The van der Waals surface area contributed by atoms with E-state index in [0.29, 0.717) is 6.61 Å². The largest absolute Gasteiger partial charge is 0.493 e. The van der Waals surface area contributed by atoms with Crippen LogP contribution in [0.25, 0.3) is 21.5 Å². The molecule has 0 atom stereocenters. The molecule has 0 saturated heterocycles. The van der Waals surface area contributed by atoms with Crippen molar-refractivity contribution in [3.8, 4) is 5.75 Å². The number of hydrogen-bond donors (Lipinski definition) is 0. The van der Waals surface area contributed by atoms with E-state index >= 15 is 0 Å². The summed E-state index contributed by atoms with van der Waals surface area (Å²) in [5.41, 5.74) is 0. The molecule has 0 fully saturated rings. The Kier molecular flexibility index (Phi) is 2.45. The molecule has 0 N–H and O–H groups in total. The van der Waals surface area contributed by atoms with E-state index in [-0.39, 0.29) is 0 Å². The minimum atomic E-state index is 0.693. The zero-order chi connectivity index (χ0) is 11.7. The Bertz CT molecular complexity index is 670. The van der Waals surface area contributed by atoms with Gasteiger partial charge in [-0.2, -0.15) is 0 Å². The maximum Gasteiger partial charge on any atom is 0.127 e. The Balaban J connectivity index is 2.35. The number of benzene rings is 3. The zero-order valence-electron chi connectivity index (χ0n) is 9.73. The van der Waals surface area contributed by atoms with Gasteiger partial charge in [0.2, 0.25) is 0 Å². The summed E-state index contributed by atoms with van der Waals surface area (Å²) >= 11 is 0. The van der Waals surface area contributed by atoms with Gasteiger partial charge in [0, 0.05) is 5.39 Å². The minimum Gasteiger partial charge on any atom is -0.493 e. The van der Waals surface area contributed by atoms with E-state index in [4.69, 9.17) is 4.74 Å². The lowest BCUT2D eigenvalue weighted by atomic mass is 10.0. The summed E-state index contributed by atoms with van der Waals surface area (Å²) in [6.07, 6.45) is 0. The highest BCUT2D eigenvalue weighted by atomic mass is 16.5. The number of fused-ring (bicyclic) bond motifs is 2. The molecular weight excluding hydrogens is 208 g/mol. The maximum absolute atomic E-state index is 5.66. The molecule has 1 heteroatoms. The van der Waals surface area contributed by atoms with Crippen molar-refractivity contribution in [3.05, 3.63) is 54.6 Å². The highest BCUT2D eigenvalue weighted by Crippen LogP contribution is 2.29. The first-order valence-electron chi connectivity index (χ1n) is 5.84. The van der Waals surface area contributed by atoms with Crippen LogP contribution in [0.1, 0.15) is 6.92 Å². The number of hydrogen-bond acceptors (Lipinski definition) is 1. The van der Waals surface area contributed by atoms with Crippen LogP contribution in [-0.4, -0.2) is 6.61 Å². The summed E-state index contributed by atoms with van der Waals surface area (Å²) < 4.78 is 5.66. The average Bonchev–Trinajstić information content (AvgIpc) is 2.37. The third kappa shape index (κ3) is 1.74. The lowest BCUT2D eigenvalue weighted by Crippen LogP contribution is -1.92. The molecule has 1 nitrogen and oxygen atoms in total. The van der Waals surface area contributed by atoms with Gasteiger partial charge < -0.3 is 4.74 Å². The Morgan fingerprint density at radius 1 is 1.06 bits per heavy atom. The van der Waals surface area contributed by atoms with E-state index in [1.807, 2.05) is 31.2 Å². The molecule has 0 aliphatic rings. The van der Waals surface area contributed by atoms with Gasteiger partial charge in [0.1, 0.15) is 5.75 Å². The molecule has 0 aromatic heterocycles. The molecule has 0 amide bonds.